The largest absolute Gasteiger partial charge is 0.353 e. The molecule has 1 aromatic carbocycles. The lowest BCUT2D eigenvalue weighted by Gasteiger charge is -2.05. The lowest BCUT2D eigenvalue weighted by atomic mass is 10.1. The zero-order chi connectivity index (χ0) is 12.1. The molecule has 0 fully saturated rings. The number of rotatable bonds is 4. The van der Waals surface area contributed by atoms with Crippen molar-refractivity contribution in [1.82, 2.24) is 9.97 Å². The van der Waals surface area contributed by atoms with E-state index in [0.717, 1.165) is 15.7 Å². The Bertz CT molecular complexity index is 501. The summed E-state index contributed by atoms with van der Waals surface area (Å²) < 4.78 is 1.03. The number of benzene rings is 1. The summed E-state index contributed by atoms with van der Waals surface area (Å²) in [4.78, 5) is 8.56. The van der Waals surface area contributed by atoms with Gasteiger partial charge in [-0.1, -0.05) is 28.1 Å². The summed E-state index contributed by atoms with van der Waals surface area (Å²) in [7, 11) is 0. The Morgan fingerprint density at radius 3 is 2.94 bits per heavy atom. The molecule has 3 N–H and O–H groups in total. The van der Waals surface area contributed by atoms with E-state index < -0.39 is 0 Å². The second kappa shape index (κ2) is 5.75. The number of nitrogens with zero attached hydrogens (tertiary/aromatic N) is 2. The minimum Gasteiger partial charge on any atom is -0.353 e. The maximum atomic E-state index is 5.42. The summed E-state index contributed by atoms with van der Waals surface area (Å²) in [5, 5.41) is 3.06. The third-order valence-electron chi connectivity index (χ3n) is 2.20. The molecule has 1 heterocycles. The minimum absolute atomic E-state index is 0.560. The van der Waals surface area contributed by atoms with E-state index in [1.807, 2.05) is 30.3 Å². The number of halogens is 1. The van der Waals surface area contributed by atoms with Crippen LogP contribution in [0.4, 0.5) is 5.95 Å². The first kappa shape index (κ1) is 12.0. The molecule has 0 aliphatic carbocycles. The minimum atomic E-state index is 0.560. The molecule has 0 aliphatic rings. The number of nitrogens with two attached hydrogens (primary N) is 1. The number of aromatic nitrogens is 2. The average Bonchev–Trinajstić information content (AvgIpc) is 2.37. The highest BCUT2D eigenvalue weighted by Crippen LogP contribution is 2.21. The van der Waals surface area contributed by atoms with Gasteiger partial charge in [-0.2, -0.15) is 0 Å². The summed E-state index contributed by atoms with van der Waals surface area (Å²) in [6.45, 7) is 1.23. The maximum absolute atomic E-state index is 5.42. The highest BCUT2D eigenvalue weighted by Gasteiger charge is 2.02. The van der Waals surface area contributed by atoms with Crippen LogP contribution in [0.1, 0.15) is 0 Å². The highest BCUT2D eigenvalue weighted by molar-refractivity contribution is 9.10. The second-order valence-corrected chi connectivity index (χ2v) is 4.41. The molecule has 0 spiro atoms. The summed E-state index contributed by atoms with van der Waals surface area (Å²) >= 11 is 3.44. The van der Waals surface area contributed by atoms with Crippen LogP contribution in [-0.4, -0.2) is 23.1 Å². The summed E-state index contributed by atoms with van der Waals surface area (Å²) in [5.41, 5.74) is 7.36. The van der Waals surface area contributed by atoms with Crippen molar-refractivity contribution in [2.45, 2.75) is 0 Å². The van der Waals surface area contributed by atoms with Gasteiger partial charge in [0, 0.05) is 29.3 Å². The number of hydrogen-bond donors (Lipinski definition) is 2. The fourth-order valence-electron chi connectivity index (χ4n) is 1.44. The smallest absolute Gasteiger partial charge is 0.223 e. The molecule has 1 aromatic heterocycles. The first-order valence-electron chi connectivity index (χ1n) is 5.32. The van der Waals surface area contributed by atoms with Crippen LogP contribution in [0, 0.1) is 0 Å². The molecule has 17 heavy (non-hydrogen) atoms. The second-order valence-electron chi connectivity index (χ2n) is 3.49. The highest BCUT2D eigenvalue weighted by atomic mass is 79.9. The monoisotopic (exact) mass is 292 g/mol. The van der Waals surface area contributed by atoms with Crippen molar-refractivity contribution in [1.29, 1.82) is 0 Å². The molecule has 0 bridgehead atoms. The van der Waals surface area contributed by atoms with E-state index in [1.165, 1.54) is 0 Å². The lowest BCUT2D eigenvalue weighted by molar-refractivity contribution is 0.990. The summed E-state index contributed by atoms with van der Waals surface area (Å²) in [6.07, 6.45) is 1.74. The van der Waals surface area contributed by atoms with Crippen LogP contribution >= 0.6 is 15.9 Å². The van der Waals surface area contributed by atoms with Gasteiger partial charge in [-0.05, 0) is 18.2 Å². The Labute approximate surface area is 108 Å². The maximum Gasteiger partial charge on any atom is 0.223 e. The molecule has 0 radical (unpaired) electrons. The van der Waals surface area contributed by atoms with Crippen molar-refractivity contribution in [2.75, 3.05) is 18.4 Å². The fraction of sp³-hybridized carbons (Fsp3) is 0.167. The Morgan fingerprint density at radius 1 is 1.29 bits per heavy atom. The van der Waals surface area contributed by atoms with Crippen LogP contribution in [0.25, 0.3) is 11.3 Å². The zero-order valence-corrected chi connectivity index (χ0v) is 10.8. The van der Waals surface area contributed by atoms with Crippen LogP contribution in [-0.2, 0) is 0 Å². The van der Waals surface area contributed by atoms with Gasteiger partial charge >= 0.3 is 0 Å². The van der Waals surface area contributed by atoms with E-state index in [9.17, 15) is 0 Å². The van der Waals surface area contributed by atoms with Crippen LogP contribution < -0.4 is 11.1 Å². The van der Waals surface area contributed by atoms with E-state index in [4.69, 9.17) is 5.73 Å². The lowest BCUT2D eigenvalue weighted by Crippen LogP contribution is -2.14. The van der Waals surface area contributed by atoms with Crippen molar-refractivity contribution < 1.29 is 0 Å². The van der Waals surface area contributed by atoms with Gasteiger partial charge in [0.1, 0.15) is 0 Å². The van der Waals surface area contributed by atoms with Crippen molar-refractivity contribution in [2.24, 2.45) is 5.73 Å². The molecule has 88 valence electrons. The van der Waals surface area contributed by atoms with Gasteiger partial charge in [0.15, 0.2) is 0 Å². The standard InChI is InChI=1S/C12H13BrN4/c13-10-3-1-2-9(8-10)11-4-6-15-12(17-11)16-7-5-14/h1-4,6,8H,5,7,14H2,(H,15,16,17). The Balaban J connectivity index is 2.26. The average molecular weight is 293 g/mol. The Kier molecular flexibility index (Phi) is 4.06. The van der Waals surface area contributed by atoms with Crippen molar-refractivity contribution in [3.63, 3.8) is 0 Å². The number of nitrogens with one attached hydrogen (secondary N) is 1. The van der Waals surface area contributed by atoms with E-state index in [2.05, 4.69) is 31.2 Å². The molecule has 0 aliphatic heterocycles. The van der Waals surface area contributed by atoms with Crippen LogP contribution in [0.15, 0.2) is 41.0 Å². The van der Waals surface area contributed by atoms with Gasteiger partial charge in [0.25, 0.3) is 0 Å². The molecular formula is C12H13BrN4. The molecule has 2 aromatic rings. The van der Waals surface area contributed by atoms with E-state index in [1.54, 1.807) is 6.20 Å². The predicted octanol–water partition coefficient (Wildman–Crippen LogP) is 2.28. The number of anilines is 1. The zero-order valence-electron chi connectivity index (χ0n) is 9.23. The molecular weight excluding hydrogens is 280 g/mol. The normalized spacial score (nSPS) is 10.2. The topological polar surface area (TPSA) is 63.8 Å². The van der Waals surface area contributed by atoms with Gasteiger partial charge < -0.3 is 11.1 Å². The first-order chi connectivity index (χ1) is 8.29. The van der Waals surface area contributed by atoms with Crippen LogP contribution in [0.3, 0.4) is 0 Å². The molecule has 5 heteroatoms. The van der Waals surface area contributed by atoms with Gasteiger partial charge in [0.2, 0.25) is 5.95 Å². The van der Waals surface area contributed by atoms with Crippen LogP contribution in [0.5, 0.6) is 0 Å². The van der Waals surface area contributed by atoms with E-state index in [0.29, 0.717) is 19.0 Å². The third-order valence-corrected chi connectivity index (χ3v) is 2.70. The molecule has 4 nitrogen and oxygen atoms in total. The molecule has 0 saturated heterocycles. The van der Waals surface area contributed by atoms with E-state index in [-0.39, 0.29) is 0 Å². The predicted molar refractivity (Wildman–Crippen MR) is 72.7 cm³/mol. The molecule has 0 unspecified atom stereocenters. The third kappa shape index (κ3) is 3.25. The van der Waals surface area contributed by atoms with E-state index >= 15 is 0 Å². The molecule has 0 atom stereocenters. The van der Waals surface area contributed by atoms with Gasteiger partial charge in [-0.25, -0.2) is 9.97 Å². The molecule has 0 saturated carbocycles. The molecule has 2 rings (SSSR count). The van der Waals surface area contributed by atoms with Crippen molar-refractivity contribution >= 4 is 21.9 Å². The quantitative estimate of drug-likeness (QED) is 0.907. The Morgan fingerprint density at radius 2 is 2.18 bits per heavy atom. The van der Waals surface area contributed by atoms with Gasteiger partial charge in [-0.3, -0.25) is 0 Å². The SMILES string of the molecule is NCCNc1nccc(-c2cccc(Br)c2)n1. The van der Waals surface area contributed by atoms with Gasteiger partial charge in [-0.15, -0.1) is 0 Å². The number of hydrogen-bond acceptors (Lipinski definition) is 4. The molecule has 0 amide bonds. The van der Waals surface area contributed by atoms with Crippen molar-refractivity contribution in [3.8, 4) is 11.3 Å². The van der Waals surface area contributed by atoms with Crippen molar-refractivity contribution in [3.05, 3.63) is 41.0 Å². The summed E-state index contributed by atoms with van der Waals surface area (Å²) in [5.74, 6) is 0.605. The summed E-state index contributed by atoms with van der Waals surface area (Å²) in [6, 6.07) is 9.89. The van der Waals surface area contributed by atoms with Gasteiger partial charge in [0.05, 0.1) is 5.69 Å². The fourth-order valence-corrected chi connectivity index (χ4v) is 1.84. The first-order valence-corrected chi connectivity index (χ1v) is 6.12. The van der Waals surface area contributed by atoms with Crippen LogP contribution in [0.2, 0.25) is 0 Å². The Hall–Kier alpha value is -1.46.